The van der Waals surface area contributed by atoms with Gasteiger partial charge in [0.05, 0.1) is 5.54 Å². The Labute approximate surface area is 168 Å². The van der Waals surface area contributed by atoms with Crippen LogP contribution in [0.15, 0.2) is 54.9 Å². The van der Waals surface area contributed by atoms with Gasteiger partial charge in [-0.3, -0.25) is 9.59 Å². The van der Waals surface area contributed by atoms with E-state index in [1.807, 2.05) is 60.0 Å². The Morgan fingerprint density at radius 1 is 1.28 bits per heavy atom. The van der Waals surface area contributed by atoms with E-state index in [9.17, 15) is 9.59 Å². The van der Waals surface area contributed by atoms with Crippen molar-refractivity contribution in [1.29, 1.82) is 0 Å². The highest BCUT2D eigenvalue weighted by Crippen LogP contribution is 2.37. The number of rotatable bonds is 2. The second-order valence-electron chi connectivity index (χ2n) is 7.78. The van der Waals surface area contributed by atoms with Crippen LogP contribution in [0.5, 0.6) is 0 Å². The van der Waals surface area contributed by atoms with Gasteiger partial charge >= 0.3 is 0 Å². The number of carbonyl (C=O) groups excluding carboxylic acids is 2. The number of benzene rings is 1. The van der Waals surface area contributed by atoms with Gasteiger partial charge < -0.3 is 19.4 Å². The molecule has 2 fully saturated rings. The minimum Gasteiger partial charge on any atom is -0.364 e. The number of piperidine rings is 1. The van der Waals surface area contributed by atoms with E-state index in [4.69, 9.17) is 4.74 Å². The number of pyridine rings is 1. The average molecular weight is 390 g/mol. The summed E-state index contributed by atoms with van der Waals surface area (Å²) in [7, 11) is 0. The van der Waals surface area contributed by atoms with E-state index >= 15 is 0 Å². The SMILES string of the molecule is Cc1ccn2cc(C(=O)N3CC[C@@]4(c5ccccc5)NC(=O)CO[C@@H]4C3)nc2c1. The van der Waals surface area contributed by atoms with Crippen LogP contribution in [-0.4, -0.2) is 51.9 Å². The first-order valence-corrected chi connectivity index (χ1v) is 9.78. The van der Waals surface area contributed by atoms with Crippen LogP contribution < -0.4 is 5.32 Å². The lowest BCUT2D eigenvalue weighted by molar-refractivity contribution is -0.150. The maximum atomic E-state index is 13.1. The van der Waals surface area contributed by atoms with Crippen molar-refractivity contribution in [2.75, 3.05) is 19.7 Å². The number of hydrogen-bond acceptors (Lipinski definition) is 4. The molecule has 0 saturated carbocycles. The first-order chi connectivity index (χ1) is 14.0. The molecule has 4 heterocycles. The van der Waals surface area contributed by atoms with Gasteiger partial charge in [0, 0.05) is 25.5 Å². The van der Waals surface area contributed by atoms with Gasteiger partial charge in [-0.2, -0.15) is 0 Å². The summed E-state index contributed by atoms with van der Waals surface area (Å²) >= 11 is 0. The summed E-state index contributed by atoms with van der Waals surface area (Å²) in [4.78, 5) is 31.5. The molecule has 7 heteroatoms. The Bertz CT molecular complexity index is 1090. The van der Waals surface area contributed by atoms with Crippen LogP contribution in [0.4, 0.5) is 0 Å². The maximum absolute atomic E-state index is 13.1. The van der Waals surface area contributed by atoms with Crippen LogP contribution in [0, 0.1) is 6.92 Å². The number of amides is 2. The molecule has 29 heavy (non-hydrogen) atoms. The standard InChI is InChI=1S/C22H22N4O3/c1-15-7-9-25-12-17(23-19(25)11-15)21(28)26-10-8-22(16-5-3-2-4-6-16)18(13-26)29-14-20(27)24-22/h2-7,9,11-12,18H,8,10,13-14H2,1H3,(H,24,27)/t18-,22+/m1/s1. The molecule has 0 radical (unpaired) electrons. The number of imidazole rings is 1. The minimum absolute atomic E-state index is 0.00885. The summed E-state index contributed by atoms with van der Waals surface area (Å²) in [5.74, 6) is -0.242. The first-order valence-electron chi connectivity index (χ1n) is 9.78. The van der Waals surface area contributed by atoms with E-state index in [0.29, 0.717) is 25.2 Å². The Kier molecular flexibility index (Phi) is 4.13. The van der Waals surface area contributed by atoms with Gasteiger partial charge in [-0.05, 0) is 36.6 Å². The van der Waals surface area contributed by atoms with Crippen molar-refractivity contribution in [3.63, 3.8) is 0 Å². The van der Waals surface area contributed by atoms with Crippen molar-refractivity contribution in [3.05, 3.63) is 71.7 Å². The van der Waals surface area contributed by atoms with Crippen molar-refractivity contribution in [1.82, 2.24) is 19.6 Å². The summed E-state index contributed by atoms with van der Waals surface area (Å²) in [6.07, 6.45) is 3.95. The third-order valence-electron chi connectivity index (χ3n) is 5.90. The number of likely N-dealkylation sites (tertiary alicyclic amines) is 1. The van der Waals surface area contributed by atoms with Crippen LogP contribution in [0.1, 0.15) is 28.0 Å². The molecule has 2 aromatic heterocycles. The van der Waals surface area contributed by atoms with E-state index in [1.54, 1.807) is 11.1 Å². The highest BCUT2D eigenvalue weighted by atomic mass is 16.5. The Balaban J connectivity index is 1.43. The summed E-state index contributed by atoms with van der Waals surface area (Å²) in [5, 5.41) is 3.15. The fraction of sp³-hybridized carbons (Fsp3) is 0.318. The number of ether oxygens (including phenoxy) is 1. The van der Waals surface area contributed by atoms with E-state index in [2.05, 4.69) is 10.3 Å². The van der Waals surface area contributed by atoms with Crippen LogP contribution in [0.3, 0.4) is 0 Å². The third-order valence-corrected chi connectivity index (χ3v) is 5.90. The van der Waals surface area contributed by atoms with Gasteiger partial charge in [0.1, 0.15) is 24.1 Å². The molecule has 2 amide bonds. The van der Waals surface area contributed by atoms with Gasteiger partial charge in [-0.15, -0.1) is 0 Å². The van der Waals surface area contributed by atoms with Gasteiger partial charge in [-0.1, -0.05) is 30.3 Å². The fourth-order valence-electron chi connectivity index (χ4n) is 4.39. The molecular formula is C22H22N4O3. The second kappa shape index (κ2) is 6.70. The molecule has 2 atom stereocenters. The van der Waals surface area contributed by atoms with E-state index in [1.165, 1.54) is 0 Å². The largest absolute Gasteiger partial charge is 0.364 e. The van der Waals surface area contributed by atoms with Gasteiger partial charge in [0.2, 0.25) is 5.91 Å². The van der Waals surface area contributed by atoms with Gasteiger partial charge in [0.15, 0.2) is 0 Å². The second-order valence-corrected chi connectivity index (χ2v) is 7.78. The number of nitrogens with zero attached hydrogens (tertiary/aromatic N) is 3. The minimum atomic E-state index is -0.608. The zero-order valence-corrected chi connectivity index (χ0v) is 16.2. The lowest BCUT2D eigenvalue weighted by Crippen LogP contribution is -2.67. The van der Waals surface area contributed by atoms with E-state index in [0.717, 1.165) is 16.8 Å². The quantitative estimate of drug-likeness (QED) is 0.725. The Morgan fingerprint density at radius 2 is 2.10 bits per heavy atom. The van der Waals surface area contributed by atoms with Crippen molar-refractivity contribution >= 4 is 17.5 Å². The van der Waals surface area contributed by atoms with Crippen LogP contribution in [-0.2, 0) is 15.1 Å². The molecule has 3 aromatic rings. The average Bonchev–Trinajstić information content (AvgIpc) is 3.16. The highest BCUT2D eigenvalue weighted by Gasteiger charge is 2.50. The number of nitrogens with one attached hydrogen (secondary N) is 1. The van der Waals surface area contributed by atoms with Crippen molar-refractivity contribution in [3.8, 4) is 0 Å². The van der Waals surface area contributed by atoms with Crippen molar-refractivity contribution < 1.29 is 14.3 Å². The number of aromatic nitrogens is 2. The van der Waals surface area contributed by atoms with E-state index < -0.39 is 5.54 Å². The summed E-state index contributed by atoms with van der Waals surface area (Å²) in [6.45, 7) is 2.93. The smallest absolute Gasteiger partial charge is 0.274 e. The number of morpholine rings is 1. The van der Waals surface area contributed by atoms with Crippen LogP contribution >= 0.6 is 0 Å². The molecular weight excluding hydrogens is 368 g/mol. The van der Waals surface area contributed by atoms with Crippen molar-refractivity contribution in [2.45, 2.75) is 25.0 Å². The number of hydrogen-bond donors (Lipinski definition) is 1. The summed E-state index contributed by atoms with van der Waals surface area (Å²) < 4.78 is 7.77. The molecule has 2 saturated heterocycles. The number of aryl methyl sites for hydroxylation is 1. The molecule has 2 aliphatic heterocycles. The fourth-order valence-corrected chi connectivity index (χ4v) is 4.39. The van der Waals surface area contributed by atoms with E-state index in [-0.39, 0.29) is 24.5 Å². The molecule has 0 spiro atoms. The molecule has 148 valence electrons. The molecule has 2 aliphatic rings. The molecule has 1 aromatic carbocycles. The van der Waals surface area contributed by atoms with Crippen LogP contribution in [0.2, 0.25) is 0 Å². The number of carbonyl (C=O) groups is 2. The molecule has 1 N–H and O–H groups in total. The lowest BCUT2D eigenvalue weighted by Gasteiger charge is -2.50. The predicted molar refractivity (Wildman–Crippen MR) is 106 cm³/mol. The molecule has 0 aliphatic carbocycles. The third kappa shape index (κ3) is 2.98. The molecule has 5 rings (SSSR count). The summed E-state index contributed by atoms with van der Waals surface area (Å²) in [5.41, 5.74) is 2.67. The molecule has 0 unspecified atom stereocenters. The van der Waals surface area contributed by atoms with Gasteiger partial charge in [0.25, 0.3) is 5.91 Å². The first kappa shape index (κ1) is 17.9. The Morgan fingerprint density at radius 3 is 2.93 bits per heavy atom. The van der Waals surface area contributed by atoms with Gasteiger partial charge in [-0.25, -0.2) is 4.98 Å². The monoisotopic (exact) mass is 390 g/mol. The topological polar surface area (TPSA) is 75.9 Å². The van der Waals surface area contributed by atoms with Crippen molar-refractivity contribution in [2.24, 2.45) is 0 Å². The Hall–Kier alpha value is -3.19. The summed E-state index contributed by atoms with van der Waals surface area (Å²) in [6, 6.07) is 13.8. The predicted octanol–water partition coefficient (Wildman–Crippen LogP) is 1.90. The maximum Gasteiger partial charge on any atom is 0.274 e. The highest BCUT2D eigenvalue weighted by molar-refractivity contribution is 5.93. The zero-order chi connectivity index (χ0) is 20.0. The normalized spacial score (nSPS) is 24.2. The molecule has 0 bridgehead atoms. The lowest BCUT2D eigenvalue weighted by atomic mass is 9.77. The van der Waals surface area contributed by atoms with Crippen LogP contribution in [0.25, 0.3) is 5.65 Å². The number of fused-ring (bicyclic) bond motifs is 2. The zero-order valence-electron chi connectivity index (χ0n) is 16.2. The molecule has 7 nitrogen and oxygen atoms in total.